The fourth-order valence-corrected chi connectivity index (χ4v) is 5.83. The maximum Gasteiger partial charge on any atom is 0.194 e. The molecule has 0 bridgehead atoms. The molecule has 2 saturated carbocycles. The average Bonchev–Trinajstić information content (AvgIpc) is 2.76. The lowest BCUT2D eigenvalue weighted by Gasteiger charge is -2.38. The second-order valence-electron chi connectivity index (χ2n) is 9.78. The van der Waals surface area contributed by atoms with Gasteiger partial charge < -0.3 is 0 Å². The third kappa shape index (κ3) is 6.89. The quantitative estimate of drug-likeness (QED) is 0.213. The van der Waals surface area contributed by atoms with Crippen molar-refractivity contribution >= 4 is 0 Å². The molecule has 0 amide bonds. The number of hydrogen-bond acceptors (Lipinski definition) is 0. The molecule has 30 heavy (non-hydrogen) atoms. The van der Waals surface area contributed by atoms with E-state index in [-0.39, 0.29) is 0 Å². The number of benzene rings is 1. The number of rotatable bonds is 9. The lowest BCUT2D eigenvalue weighted by Crippen LogP contribution is -2.26. The molecular formula is C27H39F3. The minimum atomic E-state index is -1.36. The molecule has 0 saturated heterocycles. The Hall–Kier alpha value is -1.25. The van der Waals surface area contributed by atoms with Crippen LogP contribution in [0, 0.1) is 41.1 Å². The Balaban J connectivity index is 1.33. The van der Waals surface area contributed by atoms with Gasteiger partial charge in [0.05, 0.1) is 0 Å². The third-order valence-corrected chi connectivity index (χ3v) is 7.72. The van der Waals surface area contributed by atoms with E-state index < -0.39 is 17.5 Å². The van der Waals surface area contributed by atoms with Gasteiger partial charge in [0.1, 0.15) is 0 Å². The van der Waals surface area contributed by atoms with Crippen molar-refractivity contribution in [2.45, 2.75) is 96.8 Å². The average molecular weight is 421 g/mol. The SMILES string of the molecule is CC/C=C/CCCC1CCC(C2CCC(CCc3cc(F)c(F)c(F)c3)CC2)CC1. The number of hydrogen-bond donors (Lipinski definition) is 0. The van der Waals surface area contributed by atoms with Gasteiger partial charge in [-0.2, -0.15) is 0 Å². The molecule has 1 aromatic rings. The van der Waals surface area contributed by atoms with Crippen molar-refractivity contribution in [3.63, 3.8) is 0 Å². The predicted octanol–water partition coefficient (Wildman–Crippen LogP) is 8.79. The van der Waals surface area contributed by atoms with Crippen LogP contribution in [0.25, 0.3) is 0 Å². The van der Waals surface area contributed by atoms with Crippen LogP contribution in [0.4, 0.5) is 13.2 Å². The minimum absolute atomic E-state index is 0.581. The highest BCUT2D eigenvalue weighted by molar-refractivity contribution is 5.19. The minimum Gasteiger partial charge on any atom is -0.204 e. The number of unbranched alkanes of at least 4 members (excludes halogenated alkanes) is 1. The first-order valence-electron chi connectivity index (χ1n) is 12.3. The smallest absolute Gasteiger partial charge is 0.194 e. The van der Waals surface area contributed by atoms with Crippen molar-refractivity contribution in [1.82, 2.24) is 0 Å². The van der Waals surface area contributed by atoms with Crippen LogP contribution in [-0.4, -0.2) is 0 Å². The fourth-order valence-electron chi connectivity index (χ4n) is 5.83. The standard InChI is InChI=1S/C27H39F3/c1-2-3-4-5-6-7-20-10-14-23(15-11-20)24-16-12-21(13-17-24)8-9-22-18-25(28)27(30)26(29)19-22/h3-4,18-21,23-24H,2,5-17H2,1H3/b4-3+. The van der Waals surface area contributed by atoms with Crippen molar-refractivity contribution in [2.75, 3.05) is 0 Å². The molecule has 168 valence electrons. The van der Waals surface area contributed by atoms with Crippen molar-refractivity contribution in [2.24, 2.45) is 23.7 Å². The Morgan fingerprint density at radius 3 is 1.83 bits per heavy atom. The largest absolute Gasteiger partial charge is 0.204 e. The van der Waals surface area contributed by atoms with E-state index in [9.17, 15) is 13.2 Å². The Bertz CT molecular complexity index is 642. The van der Waals surface area contributed by atoms with Gasteiger partial charge in [-0.05, 0) is 99.2 Å². The first kappa shape index (κ1) is 23.4. The molecule has 2 aliphatic carbocycles. The van der Waals surface area contributed by atoms with E-state index in [1.54, 1.807) is 0 Å². The van der Waals surface area contributed by atoms with Gasteiger partial charge in [0, 0.05) is 0 Å². The van der Waals surface area contributed by atoms with E-state index in [0.29, 0.717) is 17.9 Å². The lowest BCUT2D eigenvalue weighted by molar-refractivity contribution is 0.141. The van der Waals surface area contributed by atoms with Gasteiger partial charge in [0.25, 0.3) is 0 Å². The van der Waals surface area contributed by atoms with Crippen LogP contribution in [0.3, 0.4) is 0 Å². The molecule has 0 nitrogen and oxygen atoms in total. The van der Waals surface area contributed by atoms with Crippen LogP contribution >= 0.6 is 0 Å². The monoisotopic (exact) mass is 420 g/mol. The maximum absolute atomic E-state index is 13.4. The molecule has 1 aromatic carbocycles. The summed E-state index contributed by atoms with van der Waals surface area (Å²) in [6.45, 7) is 2.19. The third-order valence-electron chi connectivity index (χ3n) is 7.72. The molecule has 2 fully saturated rings. The summed E-state index contributed by atoms with van der Waals surface area (Å²) in [5, 5.41) is 0. The van der Waals surface area contributed by atoms with Crippen LogP contribution in [-0.2, 0) is 6.42 Å². The highest BCUT2D eigenvalue weighted by atomic mass is 19.2. The van der Waals surface area contributed by atoms with Crippen LogP contribution in [0.5, 0.6) is 0 Å². The van der Waals surface area contributed by atoms with Crippen molar-refractivity contribution in [3.05, 3.63) is 47.3 Å². The van der Waals surface area contributed by atoms with Crippen LogP contribution < -0.4 is 0 Å². The van der Waals surface area contributed by atoms with E-state index in [0.717, 1.165) is 42.7 Å². The summed E-state index contributed by atoms with van der Waals surface area (Å²) in [6.07, 6.45) is 22.1. The highest BCUT2D eigenvalue weighted by Gasteiger charge is 2.30. The Morgan fingerprint density at radius 1 is 0.767 bits per heavy atom. The van der Waals surface area contributed by atoms with E-state index in [1.165, 1.54) is 70.6 Å². The van der Waals surface area contributed by atoms with E-state index in [4.69, 9.17) is 0 Å². The molecule has 0 radical (unpaired) electrons. The van der Waals surface area contributed by atoms with E-state index in [1.807, 2.05) is 0 Å². The summed E-state index contributed by atoms with van der Waals surface area (Å²) in [5.41, 5.74) is 0.581. The molecule has 0 aromatic heterocycles. The van der Waals surface area contributed by atoms with Crippen molar-refractivity contribution < 1.29 is 13.2 Å². The summed E-state index contributed by atoms with van der Waals surface area (Å²) in [4.78, 5) is 0. The topological polar surface area (TPSA) is 0 Å². The van der Waals surface area contributed by atoms with Crippen molar-refractivity contribution in [1.29, 1.82) is 0 Å². The molecule has 0 spiro atoms. The number of allylic oxidation sites excluding steroid dienone is 2. The van der Waals surface area contributed by atoms with Gasteiger partial charge in [0.15, 0.2) is 17.5 Å². The van der Waals surface area contributed by atoms with Crippen LogP contribution in [0.15, 0.2) is 24.3 Å². The molecule has 0 aliphatic heterocycles. The van der Waals surface area contributed by atoms with E-state index >= 15 is 0 Å². The second kappa shape index (κ2) is 12.0. The number of aryl methyl sites for hydroxylation is 1. The molecule has 3 heteroatoms. The molecule has 0 unspecified atom stereocenters. The molecule has 0 N–H and O–H groups in total. The fraction of sp³-hybridized carbons (Fsp3) is 0.704. The Labute approximate surface area is 181 Å². The van der Waals surface area contributed by atoms with E-state index in [2.05, 4.69) is 19.1 Å². The Kier molecular flexibility index (Phi) is 9.33. The van der Waals surface area contributed by atoms with Gasteiger partial charge in [-0.25, -0.2) is 13.2 Å². The number of halogens is 3. The van der Waals surface area contributed by atoms with Gasteiger partial charge in [0.2, 0.25) is 0 Å². The second-order valence-corrected chi connectivity index (χ2v) is 9.78. The summed E-state index contributed by atoms with van der Waals surface area (Å²) >= 11 is 0. The first-order chi connectivity index (χ1) is 14.6. The summed E-state index contributed by atoms with van der Waals surface area (Å²) in [5.74, 6) is -0.0993. The van der Waals surface area contributed by atoms with Gasteiger partial charge in [-0.3, -0.25) is 0 Å². The van der Waals surface area contributed by atoms with Gasteiger partial charge in [-0.1, -0.05) is 51.2 Å². The van der Waals surface area contributed by atoms with Crippen LogP contribution in [0.1, 0.15) is 96.0 Å². The highest BCUT2D eigenvalue weighted by Crippen LogP contribution is 2.43. The summed E-state index contributed by atoms with van der Waals surface area (Å²) < 4.78 is 39.9. The predicted molar refractivity (Wildman–Crippen MR) is 119 cm³/mol. The van der Waals surface area contributed by atoms with Gasteiger partial charge >= 0.3 is 0 Å². The normalized spacial score (nSPS) is 27.6. The van der Waals surface area contributed by atoms with Crippen LogP contribution in [0.2, 0.25) is 0 Å². The molecule has 0 heterocycles. The summed E-state index contributed by atoms with van der Waals surface area (Å²) in [7, 11) is 0. The van der Waals surface area contributed by atoms with Crippen molar-refractivity contribution in [3.8, 4) is 0 Å². The zero-order chi connectivity index (χ0) is 21.3. The molecular weight excluding hydrogens is 381 g/mol. The van der Waals surface area contributed by atoms with Gasteiger partial charge in [-0.15, -0.1) is 0 Å². The first-order valence-corrected chi connectivity index (χ1v) is 12.3. The summed E-state index contributed by atoms with van der Waals surface area (Å²) in [6, 6.07) is 2.31. The zero-order valence-corrected chi connectivity index (χ0v) is 18.7. The lowest BCUT2D eigenvalue weighted by atomic mass is 9.68. The molecule has 3 rings (SSSR count). The Morgan fingerprint density at radius 2 is 1.30 bits per heavy atom. The maximum atomic E-state index is 13.4. The molecule has 2 aliphatic rings. The molecule has 0 atom stereocenters. The zero-order valence-electron chi connectivity index (χ0n) is 18.7.